The Kier molecular flexibility index (Phi) is 21.8. The van der Waals surface area contributed by atoms with E-state index in [1.165, 1.54) is 294 Å². The number of hydrogen-bond acceptors (Lipinski definition) is 0. The Labute approximate surface area is 803 Å². The summed E-state index contributed by atoms with van der Waals surface area (Å²) < 4.78 is 11.3. The predicted octanol–water partition coefficient (Wildman–Crippen LogP) is 31.5. The molecule has 5 nitrogen and oxygen atoms in total. The Hall–Kier alpha value is -14.7. The van der Waals surface area contributed by atoms with Gasteiger partial charge >= 0.3 is 0 Å². The first-order valence-electron chi connectivity index (χ1n) is 48.5. The number of nitrogens with zero attached hydrogens (tertiary/aromatic N) is 5. The molecule has 0 atom stereocenters. The van der Waals surface area contributed by atoms with Gasteiger partial charge in [0.15, 0.2) is 31.0 Å². The average molecular weight is 1770 g/mol. The van der Waals surface area contributed by atoms with Gasteiger partial charge in [-0.2, -0.15) is 0 Å². The Morgan fingerprint density at radius 3 is 0.801 bits per heavy atom. The molecule has 666 valence electrons. The van der Waals surface area contributed by atoms with E-state index in [0.717, 1.165) is 12.8 Å². The van der Waals surface area contributed by atoms with Gasteiger partial charge in [0.2, 0.25) is 28.5 Å². The number of aromatic nitrogens is 5. The van der Waals surface area contributed by atoms with Crippen LogP contribution in [-0.4, -0.2) is 0 Å². The van der Waals surface area contributed by atoms with Crippen molar-refractivity contribution in [2.45, 2.75) is 131 Å². The predicted molar refractivity (Wildman–Crippen MR) is 573 cm³/mol. The minimum absolute atomic E-state index is 0.271. The number of fused-ring (bicyclic) bond motifs is 15. The van der Waals surface area contributed by atoms with E-state index in [1.54, 1.807) is 0 Å². The molecule has 5 heteroatoms. The third-order valence-corrected chi connectivity index (χ3v) is 29.8. The van der Waals surface area contributed by atoms with Crippen LogP contribution in [0.5, 0.6) is 0 Å². The van der Waals surface area contributed by atoms with Crippen molar-refractivity contribution in [3.8, 4) is 168 Å². The molecule has 5 aliphatic rings. The summed E-state index contributed by atoms with van der Waals surface area (Å²) in [4.78, 5) is 0. The molecular weight excluding hydrogens is 1640 g/mol. The molecule has 0 spiro atoms. The summed E-state index contributed by atoms with van der Waals surface area (Å²) in [6.45, 7) is 38.2. The second-order valence-electron chi connectivity index (χ2n) is 41.9. The standard InChI is InChI=1S/2C28H28N.3C25H22N/c1-18-14-24-21-10-6-8-20-9-7-11-22(27(20)21)25(24)16-23(18)26-15-19(12-13-29(26)5)17-28(2,3)4;1-18-12-13-22-21-10-6-8-20-9-7-11-23(26(20)21)27(22)25(18)24-16-19(14-15-29(24)5)17-28(2,3)4;1-15-12-24(26(4)14-17(15)3)21-13-23-20-10-6-8-18-7-5-9-19(25(18)20)22(23)11-16(21)2;1-15-13-23(26(4)14-16(15)2)19-11-12-21-20-9-5-7-18-8-6-10-22(25(18)20)24(21)17(19)3;1-15-11-12-20-19-9-5-7-18-8-6-10-21(24(18)19)25(20)23(15)22-13-16(2)17(3)14-26(22)4/h2*6-16H,17H2,1-5H3;3*5-14H,1-4H3/q5*+1. The van der Waals surface area contributed by atoms with Crippen LogP contribution in [0.4, 0.5) is 0 Å². The van der Waals surface area contributed by atoms with E-state index in [0.29, 0.717) is 0 Å². The Balaban J connectivity index is 0.000000102. The summed E-state index contributed by atoms with van der Waals surface area (Å²) in [7, 11) is 10.8. The van der Waals surface area contributed by atoms with Crippen molar-refractivity contribution >= 4 is 53.9 Å². The number of rotatable bonds is 7. The monoisotopic (exact) mass is 1760 g/mol. The molecule has 0 fully saturated rings. The summed E-state index contributed by atoms with van der Waals surface area (Å²) in [6, 6.07) is 106. The summed E-state index contributed by atoms with van der Waals surface area (Å²) in [5.74, 6) is 0. The normalized spacial score (nSPS) is 12.1. The highest BCUT2D eigenvalue weighted by molar-refractivity contribution is 6.22. The van der Waals surface area contributed by atoms with Gasteiger partial charge in [-0.05, 0) is 340 Å². The number of benzene rings is 15. The molecule has 5 aliphatic carbocycles. The molecule has 0 amide bonds. The molecule has 0 saturated carbocycles. The molecule has 0 unspecified atom stereocenters. The van der Waals surface area contributed by atoms with Gasteiger partial charge in [-0.25, -0.2) is 22.8 Å². The van der Waals surface area contributed by atoms with Gasteiger partial charge in [-0.3, -0.25) is 0 Å². The minimum Gasteiger partial charge on any atom is -0.201 e. The van der Waals surface area contributed by atoms with E-state index in [4.69, 9.17) is 0 Å². The summed E-state index contributed by atoms with van der Waals surface area (Å²) in [5.41, 5.74) is 58.5. The quantitative estimate of drug-likeness (QED) is 0.142. The lowest BCUT2D eigenvalue weighted by atomic mass is 9.87. The SMILES string of the molecule is Cc1cc(-c2c(C)ccc3c2-c2cccc4cccc-3c24)[n+](C)cc1C.Cc1cc(-c2cc3c(cc2C)-c2cccc4cccc-3c24)[n+](C)cc1C.Cc1cc(-c2ccc3c(c2C)-c2cccc4cccc-3c24)[n+](C)cc1C.Cc1cc2c(cc1-c1cc(CC(C)(C)C)cc[n+]1C)-c1cccc3cccc-2c13.Cc1ccc2c(c1-c1cc(CC(C)(C)C)cc[n+]1C)-c1cccc3cccc-2c13. The largest absolute Gasteiger partial charge is 0.213 e. The van der Waals surface area contributed by atoms with E-state index in [1.807, 2.05) is 0 Å². The molecule has 0 radical (unpaired) electrons. The van der Waals surface area contributed by atoms with Gasteiger partial charge < -0.3 is 0 Å². The summed E-state index contributed by atoms with van der Waals surface area (Å²) in [5, 5.41) is 13.6. The highest BCUT2D eigenvalue weighted by atomic mass is 14.9. The molecular formula is C131H122N5+5. The highest BCUT2D eigenvalue weighted by Crippen LogP contribution is 2.57. The van der Waals surface area contributed by atoms with Crippen molar-refractivity contribution in [1.82, 2.24) is 0 Å². The van der Waals surface area contributed by atoms with Gasteiger partial charge in [0.25, 0.3) is 0 Å². The second kappa shape index (κ2) is 33.8. The van der Waals surface area contributed by atoms with Gasteiger partial charge in [-0.1, -0.05) is 254 Å². The summed E-state index contributed by atoms with van der Waals surface area (Å²) in [6.07, 6.45) is 13.3. The average Bonchev–Trinajstić information content (AvgIpc) is 1.58. The lowest BCUT2D eigenvalue weighted by Gasteiger charge is -2.18. The fourth-order valence-corrected chi connectivity index (χ4v) is 23.0. The first-order valence-corrected chi connectivity index (χ1v) is 48.5. The van der Waals surface area contributed by atoms with Crippen molar-refractivity contribution in [2.24, 2.45) is 46.1 Å². The van der Waals surface area contributed by atoms with Crippen LogP contribution in [0.1, 0.15) is 114 Å². The maximum Gasteiger partial charge on any atom is 0.213 e. The third kappa shape index (κ3) is 15.1. The smallest absolute Gasteiger partial charge is 0.201 e. The topological polar surface area (TPSA) is 19.4 Å². The number of pyridine rings is 5. The van der Waals surface area contributed by atoms with Crippen LogP contribution in [0.15, 0.2) is 316 Å². The molecule has 5 aromatic heterocycles. The Bertz CT molecular complexity index is 8370. The third-order valence-electron chi connectivity index (χ3n) is 29.8. The van der Waals surface area contributed by atoms with Gasteiger partial charge in [-0.15, -0.1) is 0 Å². The lowest BCUT2D eigenvalue weighted by molar-refractivity contribution is -0.660. The van der Waals surface area contributed by atoms with Gasteiger partial charge in [0, 0.05) is 87.0 Å². The fourth-order valence-electron chi connectivity index (χ4n) is 23.0. The fraction of sp³-hybridized carbons (Fsp3) is 0.198. The number of hydrogen-bond donors (Lipinski definition) is 0. The molecule has 5 heterocycles. The van der Waals surface area contributed by atoms with Crippen molar-refractivity contribution < 1.29 is 22.8 Å². The Morgan fingerprint density at radius 2 is 0.441 bits per heavy atom. The van der Waals surface area contributed by atoms with Crippen LogP contribution in [-0.2, 0) is 48.1 Å². The van der Waals surface area contributed by atoms with Crippen LogP contribution >= 0.6 is 0 Å². The Morgan fingerprint density at radius 1 is 0.184 bits per heavy atom. The molecule has 0 bridgehead atoms. The maximum atomic E-state index is 2.41. The van der Waals surface area contributed by atoms with Crippen molar-refractivity contribution in [3.63, 3.8) is 0 Å². The highest BCUT2D eigenvalue weighted by Gasteiger charge is 2.35. The van der Waals surface area contributed by atoms with Crippen molar-refractivity contribution in [1.29, 1.82) is 0 Å². The molecule has 20 aromatic rings. The molecule has 0 aliphatic heterocycles. The van der Waals surface area contributed by atoms with Crippen molar-refractivity contribution in [3.05, 3.63) is 388 Å². The minimum atomic E-state index is 0.271. The second-order valence-corrected chi connectivity index (χ2v) is 41.9. The van der Waals surface area contributed by atoms with Gasteiger partial charge in [0.05, 0.1) is 11.1 Å². The maximum absolute atomic E-state index is 2.41. The first-order chi connectivity index (χ1) is 65.3. The van der Waals surface area contributed by atoms with Crippen LogP contribution in [0.2, 0.25) is 0 Å². The molecule has 0 N–H and O–H groups in total. The van der Waals surface area contributed by atoms with Crippen LogP contribution in [0, 0.1) is 87.0 Å². The van der Waals surface area contributed by atoms with E-state index < -0.39 is 0 Å². The van der Waals surface area contributed by atoms with E-state index in [2.05, 4.69) is 492 Å². The van der Waals surface area contributed by atoms with Gasteiger partial charge in [0.1, 0.15) is 35.2 Å². The zero-order valence-corrected chi connectivity index (χ0v) is 83.2. The number of aryl methyl sites for hydroxylation is 15. The molecule has 25 rings (SSSR count). The molecule has 0 saturated heterocycles. The molecule has 15 aromatic carbocycles. The van der Waals surface area contributed by atoms with E-state index in [-0.39, 0.29) is 10.8 Å². The van der Waals surface area contributed by atoms with E-state index in [9.17, 15) is 0 Å². The zero-order valence-electron chi connectivity index (χ0n) is 83.2. The van der Waals surface area contributed by atoms with Crippen LogP contribution in [0.3, 0.4) is 0 Å². The van der Waals surface area contributed by atoms with Crippen LogP contribution in [0.25, 0.3) is 221 Å². The first kappa shape index (κ1) is 88.0. The zero-order chi connectivity index (χ0) is 94.7. The summed E-state index contributed by atoms with van der Waals surface area (Å²) >= 11 is 0. The molecule has 136 heavy (non-hydrogen) atoms. The van der Waals surface area contributed by atoms with Crippen molar-refractivity contribution in [2.75, 3.05) is 0 Å². The lowest BCUT2D eigenvalue weighted by Crippen LogP contribution is -2.31. The van der Waals surface area contributed by atoms with Crippen LogP contribution < -0.4 is 22.8 Å². The van der Waals surface area contributed by atoms with E-state index >= 15 is 0 Å².